The molecule has 2 aliphatic rings. The van der Waals surface area contributed by atoms with Gasteiger partial charge in [-0.25, -0.2) is 0 Å². The molecule has 0 amide bonds. The Morgan fingerprint density at radius 3 is 2.88 bits per heavy atom. The largest absolute Gasteiger partial charge is 0.497 e. The molecule has 4 rings (SSSR count). The van der Waals surface area contributed by atoms with E-state index in [0.29, 0.717) is 22.7 Å². The first-order chi connectivity index (χ1) is 11.7. The lowest BCUT2D eigenvalue weighted by molar-refractivity contribution is 0.103. The van der Waals surface area contributed by atoms with Gasteiger partial charge in [0, 0.05) is 17.7 Å². The number of anilines is 1. The van der Waals surface area contributed by atoms with Gasteiger partial charge in [-0.1, -0.05) is 25.0 Å². The van der Waals surface area contributed by atoms with Crippen molar-refractivity contribution in [1.29, 1.82) is 0 Å². The second-order valence-corrected chi connectivity index (χ2v) is 6.47. The van der Waals surface area contributed by atoms with Crippen molar-refractivity contribution in [2.75, 3.05) is 12.4 Å². The van der Waals surface area contributed by atoms with Crippen molar-refractivity contribution in [3.8, 4) is 5.75 Å². The highest BCUT2D eigenvalue weighted by atomic mass is 16.5. The number of nitrogens with one attached hydrogen (secondary N) is 1. The highest BCUT2D eigenvalue weighted by Gasteiger charge is 2.36. The van der Waals surface area contributed by atoms with Crippen LogP contribution in [-0.2, 0) is 0 Å². The van der Waals surface area contributed by atoms with E-state index in [4.69, 9.17) is 4.74 Å². The van der Waals surface area contributed by atoms with Gasteiger partial charge in [-0.3, -0.25) is 14.2 Å². The number of carbonyl (C=O) groups is 1. The van der Waals surface area contributed by atoms with Crippen molar-refractivity contribution < 1.29 is 9.53 Å². The normalized spacial score (nSPS) is 21.5. The molecule has 0 unspecified atom stereocenters. The van der Waals surface area contributed by atoms with Gasteiger partial charge in [0.05, 0.1) is 18.7 Å². The number of aromatic nitrogens is 1. The van der Waals surface area contributed by atoms with Gasteiger partial charge in [-0.05, 0) is 31.0 Å². The summed E-state index contributed by atoms with van der Waals surface area (Å²) in [5, 5.41) is 3.44. The minimum atomic E-state index is -0.0937. The Morgan fingerprint density at radius 1 is 1.21 bits per heavy atom. The minimum Gasteiger partial charge on any atom is -0.497 e. The van der Waals surface area contributed by atoms with Gasteiger partial charge in [-0.2, -0.15) is 0 Å². The Balaban J connectivity index is 1.79. The van der Waals surface area contributed by atoms with Crippen molar-refractivity contribution in [2.45, 2.75) is 37.8 Å². The van der Waals surface area contributed by atoms with Crippen molar-refractivity contribution in [1.82, 2.24) is 4.57 Å². The number of carbonyl (C=O) groups excluding carboxylic acids is 1. The van der Waals surface area contributed by atoms with Crippen LogP contribution in [-0.4, -0.2) is 23.5 Å². The Labute approximate surface area is 140 Å². The smallest absolute Gasteiger partial charge is 0.252 e. The number of nitrogens with zero attached hydrogens (tertiary/aromatic N) is 1. The Bertz CT molecular complexity index is 856. The molecule has 1 aromatic heterocycles. The molecule has 0 bridgehead atoms. The third-order valence-electron chi connectivity index (χ3n) is 5.09. The number of benzene rings is 1. The zero-order valence-electron chi connectivity index (χ0n) is 13.6. The molecule has 0 saturated heterocycles. The molecule has 2 heterocycles. The van der Waals surface area contributed by atoms with E-state index in [1.807, 2.05) is 6.07 Å². The van der Waals surface area contributed by atoms with Crippen LogP contribution in [0, 0.1) is 0 Å². The maximum atomic E-state index is 13.0. The van der Waals surface area contributed by atoms with E-state index in [9.17, 15) is 9.59 Å². The molecule has 24 heavy (non-hydrogen) atoms. The fourth-order valence-corrected chi connectivity index (χ4v) is 3.90. The molecular formula is C19H20N2O3. The number of pyridine rings is 1. The lowest BCUT2D eigenvalue weighted by Gasteiger charge is -2.25. The third kappa shape index (κ3) is 2.31. The number of methoxy groups -OCH3 is 1. The monoisotopic (exact) mass is 324 g/mol. The quantitative estimate of drug-likeness (QED) is 0.882. The molecule has 2 aromatic rings. The van der Waals surface area contributed by atoms with Crippen LogP contribution < -0.4 is 15.6 Å². The molecule has 2 atom stereocenters. The molecule has 0 radical (unpaired) electrons. The predicted octanol–water partition coefficient (Wildman–Crippen LogP) is 3.00. The molecule has 1 fully saturated rings. The summed E-state index contributed by atoms with van der Waals surface area (Å²) in [4.78, 5) is 25.3. The fourth-order valence-electron chi connectivity index (χ4n) is 3.90. The highest BCUT2D eigenvalue weighted by Crippen LogP contribution is 2.38. The topological polar surface area (TPSA) is 60.3 Å². The average molecular weight is 324 g/mol. The minimum absolute atomic E-state index is 0.0332. The average Bonchev–Trinajstić information content (AvgIpc) is 3.02. The molecule has 124 valence electrons. The van der Waals surface area contributed by atoms with Gasteiger partial charge in [0.2, 0.25) is 0 Å². The zero-order chi connectivity index (χ0) is 16.7. The van der Waals surface area contributed by atoms with Crippen LogP contribution in [0.1, 0.15) is 47.6 Å². The highest BCUT2D eigenvalue weighted by molar-refractivity contribution is 6.12. The molecule has 1 aliphatic carbocycles. The van der Waals surface area contributed by atoms with Crippen molar-refractivity contribution in [3.05, 3.63) is 57.9 Å². The number of rotatable bonds is 3. The van der Waals surface area contributed by atoms with Gasteiger partial charge in [0.1, 0.15) is 11.6 Å². The summed E-state index contributed by atoms with van der Waals surface area (Å²) in [6.45, 7) is 0. The number of fused-ring (bicyclic) bond motifs is 3. The summed E-state index contributed by atoms with van der Waals surface area (Å²) in [6, 6.07) is 10.7. The SMILES string of the molecule is COc1cccc(C(=O)c2ccc(=O)n3c2N[C@@H]2CCCC[C@H]23)c1. The second kappa shape index (κ2) is 5.82. The maximum absolute atomic E-state index is 13.0. The Kier molecular flexibility index (Phi) is 3.63. The molecule has 1 aromatic carbocycles. The molecule has 1 N–H and O–H groups in total. The first-order valence-corrected chi connectivity index (χ1v) is 8.40. The lowest BCUT2D eigenvalue weighted by Crippen LogP contribution is -2.29. The molecule has 1 saturated carbocycles. The van der Waals surface area contributed by atoms with Crippen molar-refractivity contribution in [3.63, 3.8) is 0 Å². The molecule has 1 aliphatic heterocycles. The summed E-state index contributed by atoms with van der Waals surface area (Å²) in [6.07, 6.45) is 4.32. The van der Waals surface area contributed by atoms with Crippen LogP contribution in [0.5, 0.6) is 5.75 Å². The van der Waals surface area contributed by atoms with Gasteiger partial charge in [-0.15, -0.1) is 0 Å². The number of hydrogen-bond acceptors (Lipinski definition) is 4. The third-order valence-corrected chi connectivity index (χ3v) is 5.09. The fraction of sp³-hybridized carbons (Fsp3) is 0.368. The van der Waals surface area contributed by atoms with E-state index < -0.39 is 0 Å². The van der Waals surface area contributed by atoms with E-state index in [2.05, 4.69) is 5.32 Å². The summed E-state index contributed by atoms with van der Waals surface area (Å²) in [5.41, 5.74) is 1.08. The molecule has 5 heteroatoms. The molecule has 5 nitrogen and oxygen atoms in total. The standard InChI is InChI=1S/C19H20N2O3/c1-24-13-6-4-5-12(11-13)18(23)14-9-10-17(22)21-16-8-3-2-7-15(16)20-19(14)21/h4-6,9-11,15-16,20H,2-3,7-8H2,1H3/t15-,16-/m1/s1. The van der Waals surface area contributed by atoms with Crippen LogP contribution in [0.2, 0.25) is 0 Å². The number of ether oxygens (including phenoxy) is 1. The summed E-state index contributed by atoms with van der Waals surface area (Å²) < 4.78 is 7.00. The summed E-state index contributed by atoms with van der Waals surface area (Å²) in [7, 11) is 1.58. The van der Waals surface area contributed by atoms with E-state index in [-0.39, 0.29) is 23.4 Å². The summed E-state index contributed by atoms with van der Waals surface area (Å²) >= 11 is 0. The van der Waals surface area contributed by atoms with Crippen LogP contribution in [0.15, 0.2) is 41.2 Å². The number of ketones is 1. The van der Waals surface area contributed by atoms with E-state index >= 15 is 0 Å². The Hall–Kier alpha value is -2.56. The lowest BCUT2D eigenvalue weighted by atomic mass is 9.91. The second-order valence-electron chi connectivity index (χ2n) is 6.47. The van der Waals surface area contributed by atoms with E-state index in [1.165, 1.54) is 6.07 Å². The molecule has 0 spiro atoms. The van der Waals surface area contributed by atoms with Crippen LogP contribution in [0.4, 0.5) is 5.82 Å². The van der Waals surface area contributed by atoms with Crippen LogP contribution >= 0.6 is 0 Å². The van der Waals surface area contributed by atoms with Gasteiger partial charge < -0.3 is 10.1 Å². The molecular weight excluding hydrogens is 304 g/mol. The maximum Gasteiger partial charge on any atom is 0.252 e. The predicted molar refractivity (Wildman–Crippen MR) is 92.0 cm³/mol. The van der Waals surface area contributed by atoms with Gasteiger partial charge >= 0.3 is 0 Å². The van der Waals surface area contributed by atoms with Gasteiger partial charge in [0.25, 0.3) is 5.56 Å². The van der Waals surface area contributed by atoms with E-state index in [0.717, 1.165) is 25.7 Å². The Morgan fingerprint density at radius 2 is 2.04 bits per heavy atom. The van der Waals surface area contributed by atoms with E-state index in [1.54, 1.807) is 35.9 Å². The van der Waals surface area contributed by atoms with Gasteiger partial charge in [0.15, 0.2) is 5.78 Å². The summed E-state index contributed by atoms with van der Waals surface area (Å²) in [5.74, 6) is 1.23. The van der Waals surface area contributed by atoms with Crippen LogP contribution in [0.3, 0.4) is 0 Å². The van der Waals surface area contributed by atoms with Crippen LogP contribution in [0.25, 0.3) is 0 Å². The first kappa shape index (κ1) is 15.0. The first-order valence-electron chi connectivity index (χ1n) is 8.40. The number of hydrogen-bond donors (Lipinski definition) is 1. The van der Waals surface area contributed by atoms with Crippen molar-refractivity contribution >= 4 is 11.6 Å². The van der Waals surface area contributed by atoms with Crippen molar-refractivity contribution in [2.24, 2.45) is 0 Å². The zero-order valence-corrected chi connectivity index (χ0v) is 13.6.